The molecule has 0 aliphatic heterocycles. The zero-order chi connectivity index (χ0) is 12.8. The van der Waals surface area contributed by atoms with Crippen LogP contribution in [-0.2, 0) is 0 Å². The Balaban J connectivity index is 2.04. The number of aromatic nitrogens is 2. The molecule has 94 valence electrons. The van der Waals surface area contributed by atoms with Crippen LogP contribution in [-0.4, -0.2) is 36.2 Å². The monoisotopic (exact) mass is 246 g/mol. The summed E-state index contributed by atoms with van der Waals surface area (Å²) in [5.41, 5.74) is 1.12. The second-order valence-corrected chi connectivity index (χ2v) is 3.67. The Morgan fingerprint density at radius 2 is 2.11 bits per heavy atom. The summed E-state index contributed by atoms with van der Waals surface area (Å²) >= 11 is 0. The van der Waals surface area contributed by atoms with Crippen molar-refractivity contribution in [1.29, 1.82) is 0 Å². The molecule has 0 saturated heterocycles. The molecule has 0 aromatic carbocycles. The Bertz CT molecular complexity index is 510. The van der Waals surface area contributed by atoms with Crippen LogP contribution < -0.4 is 10.6 Å². The standard InChI is InChI=1S/C12H14N4O2/c1-13-6-7-15-12(17)10-8-11(18-16-10)9-2-4-14-5-3-9/h2-5,8,13H,6-7H2,1H3,(H,15,17). The number of carbonyl (C=O) groups excluding carboxylic acids is 1. The highest BCUT2D eigenvalue weighted by Crippen LogP contribution is 2.18. The van der Waals surface area contributed by atoms with Crippen molar-refractivity contribution in [3.63, 3.8) is 0 Å². The topological polar surface area (TPSA) is 80.0 Å². The van der Waals surface area contributed by atoms with Crippen molar-refractivity contribution in [3.05, 3.63) is 36.3 Å². The highest BCUT2D eigenvalue weighted by molar-refractivity contribution is 5.93. The van der Waals surface area contributed by atoms with E-state index in [0.717, 1.165) is 5.56 Å². The smallest absolute Gasteiger partial charge is 0.273 e. The molecular formula is C12H14N4O2. The molecule has 0 spiro atoms. The first-order valence-electron chi connectivity index (χ1n) is 5.61. The molecule has 0 unspecified atom stereocenters. The van der Waals surface area contributed by atoms with Crippen LogP contribution in [0.3, 0.4) is 0 Å². The summed E-state index contributed by atoms with van der Waals surface area (Å²) in [4.78, 5) is 15.6. The van der Waals surface area contributed by atoms with Gasteiger partial charge in [0.05, 0.1) is 0 Å². The van der Waals surface area contributed by atoms with E-state index in [1.807, 2.05) is 7.05 Å². The van der Waals surface area contributed by atoms with Crippen molar-refractivity contribution < 1.29 is 9.32 Å². The number of hydrogen-bond donors (Lipinski definition) is 2. The van der Waals surface area contributed by atoms with Crippen LogP contribution in [0.1, 0.15) is 10.5 Å². The van der Waals surface area contributed by atoms with Crippen LogP contribution in [0.25, 0.3) is 11.3 Å². The summed E-state index contributed by atoms with van der Waals surface area (Å²) in [5, 5.41) is 9.41. The number of pyridine rings is 1. The first kappa shape index (κ1) is 12.3. The van der Waals surface area contributed by atoms with E-state index >= 15 is 0 Å². The lowest BCUT2D eigenvalue weighted by atomic mass is 10.2. The third-order valence-electron chi connectivity index (χ3n) is 2.37. The molecule has 0 radical (unpaired) electrons. The van der Waals surface area contributed by atoms with Crippen molar-refractivity contribution >= 4 is 5.91 Å². The predicted molar refractivity (Wildman–Crippen MR) is 66.0 cm³/mol. The maximum atomic E-state index is 11.7. The van der Waals surface area contributed by atoms with E-state index in [9.17, 15) is 4.79 Å². The Hall–Kier alpha value is -2.21. The Morgan fingerprint density at radius 3 is 2.83 bits per heavy atom. The van der Waals surface area contributed by atoms with Crippen molar-refractivity contribution in [2.75, 3.05) is 20.1 Å². The molecule has 2 aromatic heterocycles. The van der Waals surface area contributed by atoms with Crippen molar-refractivity contribution in [2.45, 2.75) is 0 Å². The first-order chi connectivity index (χ1) is 8.81. The maximum Gasteiger partial charge on any atom is 0.273 e. The van der Waals surface area contributed by atoms with Gasteiger partial charge in [-0.2, -0.15) is 0 Å². The summed E-state index contributed by atoms with van der Waals surface area (Å²) in [6, 6.07) is 5.20. The van der Waals surface area contributed by atoms with Gasteiger partial charge >= 0.3 is 0 Å². The minimum absolute atomic E-state index is 0.241. The van der Waals surface area contributed by atoms with Crippen LogP contribution in [0, 0.1) is 0 Å². The molecular weight excluding hydrogens is 232 g/mol. The lowest BCUT2D eigenvalue weighted by Crippen LogP contribution is -2.30. The van der Waals surface area contributed by atoms with Crippen molar-refractivity contribution in [1.82, 2.24) is 20.8 Å². The number of nitrogens with zero attached hydrogens (tertiary/aromatic N) is 2. The largest absolute Gasteiger partial charge is 0.355 e. The van der Waals surface area contributed by atoms with E-state index in [0.29, 0.717) is 18.8 Å². The molecule has 2 heterocycles. The van der Waals surface area contributed by atoms with Crippen molar-refractivity contribution in [2.24, 2.45) is 0 Å². The van der Waals surface area contributed by atoms with Crippen LogP contribution in [0.5, 0.6) is 0 Å². The van der Waals surface area contributed by atoms with Gasteiger partial charge in [-0.25, -0.2) is 0 Å². The molecule has 0 aliphatic carbocycles. The maximum absolute atomic E-state index is 11.7. The summed E-state index contributed by atoms with van der Waals surface area (Å²) in [6.07, 6.45) is 3.31. The molecule has 0 aliphatic rings. The molecule has 6 heteroatoms. The summed E-state index contributed by atoms with van der Waals surface area (Å²) < 4.78 is 5.12. The van der Waals surface area contributed by atoms with Crippen LogP contribution >= 0.6 is 0 Å². The Labute approximate surface area is 104 Å². The summed E-state index contributed by atoms with van der Waals surface area (Å²) in [7, 11) is 1.82. The molecule has 1 amide bonds. The van der Waals surface area contributed by atoms with Gasteiger partial charge in [-0.3, -0.25) is 9.78 Å². The second-order valence-electron chi connectivity index (χ2n) is 3.67. The van der Waals surface area contributed by atoms with Gasteiger partial charge in [0.2, 0.25) is 0 Å². The average molecular weight is 246 g/mol. The molecule has 2 aromatic rings. The Kier molecular flexibility index (Phi) is 4.03. The van der Waals surface area contributed by atoms with Crippen LogP contribution in [0.4, 0.5) is 0 Å². The van der Waals surface area contributed by atoms with E-state index in [2.05, 4.69) is 20.8 Å². The van der Waals surface area contributed by atoms with Crippen LogP contribution in [0.15, 0.2) is 35.1 Å². The van der Waals surface area contributed by atoms with Gasteiger partial charge in [0, 0.05) is 37.1 Å². The van der Waals surface area contributed by atoms with E-state index in [4.69, 9.17) is 4.52 Å². The van der Waals surface area contributed by atoms with Gasteiger partial charge in [-0.05, 0) is 19.2 Å². The fourth-order valence-corrected chi connectivity index (χ4v) is 1.43. The highest BCUT2D eigenvalue weighted by atomic mass is 16.5. The fraction of sp³-hybridized carbons (Fsp3) is 0.250. The molecule has 0 bridgehead atoms. The van der Waals surface area contributed by atoms with Crippen LogP contribution in [0.2, 0.25) is 0 Å². The second kappa shape index (κ2) is 5.92. The van der Waals surface area contributed by atoms with Gasteiger partial charge in [-0.1, -0.05) is 5.16 Å². The minimum Gasteiger partial charge on any atom is -0.355 e. The highest BCUT2D eigenvalue weighted by Gasteiger charge is 2.12. The molecule has 6 nitrogen and oxygen atoms in total. The lowest BCUT2D eigenvalue weighted by Gasteiger charge is -2.00. The normalized spacial score (nSPS) is 10.3. The van der Waals surface area contributed by atoms with E-state index in [1.165, 1.54) is 0 Å². The van der Waals surface area contributed by atoms with Gasteiger partial charge in [-0.15, -0.1) is 0 Å². The number of carbonyl (C=O) groups is 1. The molecule has 2 N–H and O–H groups in total. The number of likely N-dealkylation sites (N-methyl/N-ethyl adjacent to an activating group) is 1. The fourth-order valence-electron chi connectivity index (χ4n) is 1.43. The zero-order valence-corrected chi connectivity index (χ0v) is 10.0. The third kappa shape index (κ3) is 2.92. The SMILES string of the molecule is CNCCNC(=O)c1cc(-c2ccncc2)on1. The van der Waals surface area contributed by atoms with Gasteiger partial charge < -0.3 is 15.2 Å². The molecule has 0 saturated carbocycles. The summed E-state index contributed by atoms with van der Waals surface area (Å²) in [5.74, 6) is 0.311. The molecule has 0 atom stereocenters. The predicted octanol–water partition coefficient (Wildman–Crippen LogP) is 0.686. The van der Waals surface area contributed by atoms with E-state index in [1.54, 1.807) is 30.6 Å². The van der Waals surface area contributed by atoms with E-state index < -0.39 is 0 Å². The number of hydrogen-bond acceptors (Lipinski definition) is 5. The van der Waals surface area contributed by atoms with Gasteiger partial charge in [0.1, 0.15) is 0 Å². The van der Waals surface area contributed by atoms with E-state index in [-0.39, 0.29) is 11.6 Å². The van der Waals surface area contributed by atoms with Gasteiger partial charge in [0.25, 0.3) is 5.91 Å². The average Bonchev–Trinajstić information content (AvgIpc) is 2.89. The van der Waals surface area contributed by atoms with Gasteiger partial charge in [0.15, 0.2) is 11.5 Å². The number of amides is 1. The third-order valence-corrected chi connectivity index (χ3v) is 2.37. The van der Waals surface area contributed by atoms with Crippen molar-refractivity contribution in [3.8, 4) is 11.3 Å². The number of rotatable bonds is 5. The zero-order valence-electron chi connectivity index (χ0n) is 10.0. The number of nitrogens with one attached hydrogen (secondary N) is 2. The first-order valence-corrected chi connectivity index (χ1v) is 5.61. The minimum atomic E-state index is -0.241. The molecule has 18 heavy (non-hydrogen) atoms. The lowest BCUT2D eigenvalue weighted by molar-refractivity contribution is 0.0945. The molecule has 2 rings (SSSR count). The molecule has 0 fully saturated rings. The summed E-state index contributed by atoms with van der Waals surface area (Å²) in [6.45, 7) is 1.26. The quantitative estimate of drug-likeness (QED) is 0.758. The Morgan fingerprint density at radius 1 is 1.33 bits per heavy atom.